The largest absolute Gasteiger partial charge is 0.360 e. The summed E-state index contributed by atoms with van der Waals surface area (Å²) in [5.74, 6) is 1.34. The minimum atomic E-state index is 0.0689. The first-order chi connectivity index (χ1) is 15.1. The number of thioether (sulfide) groups is 1. The summed E-state index contributed by atoms with van der Waals surface area (Å²) in [6.45, 7) is 6.11. The molecule has 0 atom stereocenters. The third-order valence-electron chi connectivity index (χ3n) is 5.93. The van der Waals surface area contributed by atoms with Crippen LogP contribution >= 0.6 is 11.8 Å². The molecule has 3 aromatic rings. The Morgan fingerprint density at radius 3 is 2.87 bits per heavy atom. The second-order valence-electron chi connectivity index (χ2n) is 7.88. The van der Waals surface area contributed by atoms with Crippen LogP contribution in [-0.4, -0.2) is 48.6 Å². The molecule has 1 fully saturated rings. The van der Waals surface area contributed by atoms with Crippen LogP contribution in [0.25, 0.3) is 10.9 Å². The number of Topliss-reactive ketones (excluding diaryl/α,β-unsaturated/α-hetero) is 1. The molecule has 31 heavy (non-hydrogen) atoms. The van der Waals surface area contributed by atoms with Crippen molar-refractivity contribution < 1.29 is 9.59 Å². The average Bonchev–Trinajstić information content (AvgIpc) is 3.33. The van der Waals surface area contributed by atoms with Crippen molar-refractivity contribution in [2.75, 3.05) is 12.3 Å². The first-order valence-corrected chi connectivity index (χ1v) is 12.1. The Morgan fingerprint density at radius 1 is 1.19 bits per heavy atom. The molecule has 164 valence electrons. The van der Waals surface area contributed by atoms with Gasteiger partial charge in [0, 0.05) is 42.2 Å². The van der Waals surface area contributed by atoms with E-state index in [9.17, 15) is 9.59 Å². The third kappa shape index (κ3) is 4.54. The van der Waals surface area contributed by atoms with E-state index >= 15 is 0 Å². The van der Waals surface area contributed by atoms with Crippen molar-refractivity contribution in [3.05, 3.63) is 41.3 Å². The summed E-state index contributed by atoms with van der Waals surface area (Å²) in [6, 6.07) is 6.08. The number of aryl methyl sites for hydroxylation is 1. The van der Waals surface area contributed by atoms with Gasteiger partial charge >= 0.3 is 0 Å². The number of fused-ring (bicyclic) bond motifs is 1. The number of aromatic amines is 1. The highest BCUT2D eigenvalue weighted by Crippen LogP contribution is 2.25. The van der Waals surface area contributed by atoms with E-state index in [1.165, 1.54) is 17.3 Å². The van der Waals surface area contributed by atoms with Crippen molar-refractivity contribution in [1.82, 2.24) is 24.6 Å². The van der Waals surface area contributed by atoms with Crippen molar-refractivity contribution in [3.8, 4) is 0 Å². The lowest BCUT2D eigenvalue weighted by Gasteiger charge is -2.20. The number of hydrogen-bond donors (Lipinski definition) is 1. The van der Waals surface area contributed by atoms with Gasteiger partial charge in [0.25, 0.3) is 0 Å². The van der Waals surface area contributed by atoms with E-state index in [4.69, 9.17) is 0 Å². The maximum Gasteiger partial charge on any atom is 0.222 e. The summed E-state index contributed by atoms with van der Waals surface area (Å²) in [7, 11) is 0. The lowest BCUT2D eigenvalue weighted by molar-refractivity contribution is -0.131. The molecule has 4 rings (SSSR count). The molecular formula is C23H29N5O2S. The number of para-hydroxylation sites is 1. The molecular weight excluding hydrogens is 410 g/mol. The zero-order valence-electron chi connectivity index (χ0n) is 18.2. The summed E-state index contributed by atoms with van der Waals surface area (Å²) in [5.41, 5.74) is 2.97. The number of nitrogens with one attached hydrogen (secondary N) is 1. The summed E-state index contributed by atoms with van der Waals surface area (Å²) < 4.78 is 2.01. The number of aromatic nitrogens is 4. The van der Waals surface area contributed by atoms with Crippen LogP contribution in [-0.2, 0) is 24.3 Å². The van der Waals surface area contributed by atoms with Crippen molar-refractivity contribution in [2.24, 2.45) is 0 Å². The van der Waals surface area contributed by atoms with E-state index in [2.05, 4.69) is 28.2 Å². The predicted molar refractivity (Wildman–Crippen MR) is 122 cm³/mol. The monoisotopic (exact) mass is 439 g/mol. The molecule has 7 nitrogen and oxygen atoms in total. The molecule has 0 radical (unpaired) electrons. The molecule has 0 aliphatic carbocycles. The van der Waals surface area contributed by atoms with Gasteiger partial charge in [-0.1, -0.05) is 43.3 Å². The van der Waals surface area contributed by atoms with Gasteiger partial charge in [-0.05, 0) is 31.7 Å². The fourth-order valence-electron chi connectivity index (χ4n) is 4.19. The van der Waals surface area contributed by atoms with Crippen LogP contribution in [0.3, 0.4) is 0 Å². The van der Waals surface area contributed by atoms with Crippen molar-refractivity contribution in [2.45, 2.75) is 64.2 Å². The Hall–Kier alpha value is -2.61. The standard InChI is InChI=1S/C23H29N5O2S/c1-3-16-9-8-10-17-18(13-24-22(16)17)19(29)15-31-23-26-25-20(28(23)4-2)14-27-12-7-5-6-11-21(27)30/h8-10,13,24H,3-7,11-12,14-15H2,1-2H3. The number of ketones is 1. The second kappa shape index (κ2) is 9.68. The molecule has 0 saturated carbocycles. The van der Waals surface area contributed by atoms with Gasteiger partial charge in [-0.2, -0.15) is 0 Å². The van der Waals surface area contributed by atoms with Crippen molar-refractivity contribution >= 4 is 34.4 Å². The van der Waals surface area contributed by atoms with E-state index in [0.29, 0.717) is 25.3 Å². The van der Waals surface area contributed by atoms with E-state index < -0.39 is 0 Å². The Bertz CT molecular complexity index is 1090. The van der Waals surface area contributed by atoms with Gasteiger partial charge in [0.1, 0.15) is 0 Å². The SMILES string of the molecule is CCc1cccc2c(C(=O)CSc3nnc(CN4CCCCCC4=O)n3CC)c[nH]c12. The zero-order chi connectivity index (χ0) is 21.8. The zero-order valence-corrected chi connectivity index (χ0v) is 19.0. The third-order valence-corrected chi connectivity index (χ3v) is 6.90. The lowest BCUT2D eigenvalue weighted by Crippen LogP contribution is -2.31. The number of amides is 1. The molecule has 2 aromatic heterocycles. The Balaban J connectivity index is 1.46. The van der Waals surface area contributed by atoms with Gasteiger partial charge in [-0.3, -0.25) is 9.59 Å². The molecule has 1 saturated heterocycles. The van der Waals surface area contributed by atoms with Crippen LogP contribution < -0.4 is 0 Å². The van der Waals surface area contributed by atoms with Crippen LogP contribution in [0.1, 0.15) is 61.3 Å². The fraction of sp³-hybridized carbons (Fsp3) is 0.478. The van der Waals surface area contributed by atoms with E-state index in [-0.39, 0.29) is 11.7 Å². The van der Waals surface area contributed by atoms with E-state index in [1.54, 1.807) is 0 Å². The summed E-state index contributed by atoms with van der Waals surface area (Å²) >= 11 is 1.41. The van der Waals surface area contributed by atoms with Crippen LogP contribution in [0.4, 0.5) is 0 Å². The molecule has 1 aromatic carbocycles. The Kier molecular flexibility index (Phi) is 6.75. The molecule has 0 bridgehead atoms. The van der Waals surface area contributed by atoms with Crippen LogP contribution in [0.15, 0.2) is 29.6 Å². The summed E-state index contributed by atoms with van der Waals surface area (Å²) in [5, 5.41) is 10.4. The van der Waals surface area contributed by atoms with Gasteiger partial charge in [0.05, 0.1) is 12.3 Å². The molecule has 1 amide bonds. The maximum atomic E-state index is 12.9. The molecule has 0 unspecified atom stereocenters. The smallest absolute Gasteiger partial charge is 0.222 e. The maximum absolute atomic E-state index is 12.9. The normalized spacial score (nSPS) is 14.9. The molecule has 8 heteroatoms. The second-order valence-corrected chi connectivity index (χ2v) is 8.82. The lowest BCUT2D eigenvalue weighted by atomic mass is 10.1. The summed E-state index contributed by atoms with van der Waals surface area (Å²) in [6.07, 6.45) is 6.44. The van der Waals surface area contributed by atoms with Crippen LogP contribution in [0, 0.1) is 0 Å². The van der Waals surface area contributed by atoms with Gasteiger partial charge in [0.15, 0.2) is 16.8 Å². The van der Waals surface area contributed by atoms with Gasteiger partial charge in [-0.15, -0.1) is 10.2 Å². The number of H-pyrrole nitrogens is 1. The minimum absolute atomic E-state index is 0.0689. The average molecular weight is 440 g/mol. The number of carbonyl (C=O) groups excluding carboxylic acids is 2. The highest BCUT2D eigenvalue weighted by Gasteiger charge is 2.21. The molecule has 1 aliphatic heterocycles. The first kappa shape index (κ1) is 21.6. The van der Waals surface area contributed by atoms with Crippen molar-refractivity contribution in [3.63, 3.8) is 0 Å². The predicted octanol–water partition coefficient (Wildman–Crippen LogP) is 4.22. The molecule has 1 aliphatic rings. The van der Waals surface area contributed by atoms with Gasteiger partial charge in [0.2, 0.25) is 5.91 Å². The molecule has 3 heterocycles. The number of rotatable bonds is 8. The van der Waals surface area contributed by atoms with Crippen LogP contribution in [0.2, 0.25) is 0 Å². The van der Waals surface area contributed by atoms with Crippen LogP contribution in [0.5, 0.6) is 0 Å². The first-order valence-electron chi connectivity index (χ1n) is 11.1. The quantitative estimate of drug-likeness (QED) is 0.420. The van der Waals surface area contributed by atoms with Crippen molar-refractivity contribution in [1.29, 1.82) is 0 Å². The molecule has 0 spiro atoms. The van der Waals surface area contributed by atoms with E-state index in [1.807, 2.05) is 34.7 Å². The number of hydrogen-bond acceptors (Lipinski definition) is 5. The summed E-state index contributed by atoms with van der Waals surface area (Å²) in [4.78, 5) is 30.4. The highest BCUT2D eigenvalue weighted by molar-refractivity contribution is 7.99. The topological polar surface area (TPSA) is 83.9 Å². The number of nitrogens with zero attached hydrogens (tertiary/aromatic N) is 4. The Morgan fingerprint density at radius 2 is 2.06 bits per heavy atom. The fourth-order valence-corrected chi connectivity index (χ4v) is 5.09. The number of benzene rings is 1. The number of likely N-dealkylation sites (tertiary alicyclic amines) is 1. The van der Waals surface area contributed by atoms with Gasteiger partial charge in [-0.25, -0.2) is 0 Å². The number of carbonyl (C=O) groups is 2. The minimum Gasteiger partial charge on any atom is -0.360 e. The Labute approximate surface area is 186 Å². The highest BCUT2D eigenvalue weighted by atomic mass is 32.2. The molecule has 1 N–H and O–H groups in total. The van der Waals surface area contributed by atoms with Gasteiger partial charge < -0.3 is 14.5 Å². The van der Waals surface area contributed by atoms with E-state index in [0.717, 1.165) is 59.7 Å².